The molecule has 0 saturated carbocycles. The second-order valence-corrected chi connectivity index (χ2v) is 3.26. The zero-order valence-corrected chi connectivity index (χ0v) is 9.11. The zero-order chi connectivity index (χ0) is 10.9. The summed E-state index contributed by atoms with van der Waals surface area (Å²) >= 11 is 0. The van der Waals surface area contributed by atoms with Gasteiger partial charge in [-0.2, -0.15) is 0 Å². The molecule has 1 aromatic heterocycles. The number of ether oxygens (including phenoxy) is 1. The van der Waals surface area contributed by atoms with Gasteiger partial charge in [0.1, 0.15) is 6.61 Å². The first-order valence-electron chi connectivity index (χ1n) is 5.28. The molecule has 0 unspecified atom stereocenters. The van der Waals surface area contributed by atoms with Gasteiger partial charge < -0.3 is 14.6 Å². The minimum absolute atomic E-state index is 0.0376. The minimum atomic E-state index is -0.0376. The summed E-state index contributed by atoms with van der Waals surface area (Å²) in [4.78, 5) is 11.1. The third-order valence-corrected chi connectivity index (χ3v) is 2.02. The number of carbonyl (C=O) groups is 1. The molecule has 0 fully saturated rings. The first kappa shape index (κ1) is 11.8. The number of aryl methyl sites for hydroxylation is 1. The molecule has 0 aliphatic rings. The van der Waals surface area contributed by atoms with Gasteiger partial charge in [-0.1, -0.05) is 0 Å². The number of carbonyl (C=O) groups excluding carboxylic acids is 1. The molecular weight excluding hydrogens is 192 g/mol. The van der Waals surface area contributed by atoms with E-state index < -0.39 is 0 Å². The molecule has 0 atom stereocenters. The summed E-state index contributed by atoms with van der Waals surface area (Å²) in [5.41, 5.74) is 0. The molecule has 0 aromatic carbocycles. The van der Waals surface area contributed by atoms with E-state index in [2.05, 4.69) is 9.88 Å². The Kier molecular flexibility index (Phi) is 5.55. The predicted octanol–water partition coefficient (Wildman–Crippen LogP) is 1.03. The van der Waals surface area contributed by atoms with Crippen molar-refractivity contribution in [1.29, 1.82) is 0 Å². The predicted molar refractivity (Wildman–Crippen MR) is 58.6 cm³/mol. The van der Waals surface area contributed by atoms with Crippen LogP contribution in [0.1, 0.15) is 13.3 Å². The van der Waals surface area contributed by atoms with E-state index in [9.17, 15) is 4.79 Å². The quantitative estimate of drug-likeness (QED) is 0.683. The van der Waals surface area contributed by atoms with E-state index in [1.165, 1.54) is 0 Å². The maximum atomic E-state index is 11.1. The first-order chi connectivity index (χ1) is 7.33. The van der Waals surface area contributed by atoms with Gasteiger partial charge in [-0.05, 0) is 25.5 Å². The number of nitrogens with one attached hydrogen (secondary N) is 1. The van der Waals surface area contributed by atoms with Crippen LogP contribution in [-0.2, 0) is 16.1 Å². The Morgan fingerprint density at radius 2 is 2.13 bits per heavy atom. The number of rotatable bonds is 7. The average Bonchev–Trinajstić information content (AvgIpc) is 2.74. The fraction of sp³-hybridized carbons (Fsp3) is 0.545. The molecule has 0 bridgehead atoms. The van der Waals surface area contributed by atoms with Gasteiger partial charge in [-0.3, -0.25) is 4.79 Å². The van der Waals surface area contributed by atoms with Crippen LogP contribution in [0.3, 0.4) is 0 Å². The van der Waals surface area contributed by atoms with Crippen LogP contribution in [0, 0.1) is 0 Å². The number of amides is 1. The number of aromatic nitrogens is 1. The van der Waals surface area contributed by atoms with E-state index in [1.807, 2.05) is 31.5 Å². The minimum Gasteiger partial charge on any atom is -0.372 e. The molecule has 1 amide bonds. The largest absolute Gasteiger partial charge is 0.372 e. The Labute approximate surface area is 90.2 Å². The summed E-state index contributed by atoms with van der Waals surface area (Å²) in [7, 11) is 0. The highest BCUT2D eigenvalue weighted by atomic mass is 16.5. The smallest absolute Gasteiger partial charge is 0.245 e. The molecule has 1 aromatic rings. The third kappa shape index (κ3) is 5.22. The van der Waals surface area contributed by atoms with Crippen LogP contribution in [0.2, 0.25) is 0 Å². The highest BCUT2D eigenvalue weighted by Crippen LogP contribution is 1.91. The molecule has 1 N–H and O–H groups in total. The molecule has 0 aliphatic heterocycles. The van der Waals surface area contributed by atoms with Crippen molar-refractivity contribution in [3.8, 4) is 0 Å². The maximum absolute atomic E-state index is 11.1. The topological polar surface area (TPSA) is 43.3 Å². The third-order valence-electron chi connectivity index (χ3n) is 2.02. The van der Waals surface area contributed by atoms with Gasteiger partial charge in [0, 0.05) is 32.1 Å². The Bertz CT molecular complexity index is 270. The molecule has 1 heterocycles. The summed E-state index contributed by atoms with van der Waals surface area (Å²) in [5.74, 6) is -0.0376. The van der Waals surface area contributed by atoms with Gasteiger partial charge in [0.25, 0.3) is 0 Å². The van der Waals surface area contributed by atoms with Crippen LogP contribution in [0.5, 0.6) is 0 Å². The summed E-state index contributed by atoms with van der Waals surface area (Å²) in [5, 5.41) is 2.80. The van der Waals surface area contributed by atoms with Crippen molar-refractivity contribution in [3.05, 3.63) is 24.5 Å². The molecule has 0 radical (unpaired) electrons. The van der Waals surface area contributed by atoms with Crippen molar-refractivity contribution >= 4 is 5.91 Å². The average molecular weight is 210 g/mol. The van der Waals surface area contributed by atoms with E-state index in [1.54, 1.807) is 0 Å². The highest BCUT2D eigenvalue weighted by Gasteiger charge is 1.98. The van der Waals surface area contributed by atoms with Crippen molar-refractivity contribution < 1.29 is 9.53 Å². The van der Waals surface area contributed by atoms with Crippen molar-refractivity contribution in [2.75, 3.05) is 19.8 Å². The fourth-order valence-electron chi connectivity index (χ4n) is 1.25. The van der Waals surface area contributed by atoms with Crippen LogP contribution in [0.4, 0.5) is 0 Å². The molecule has 1 rings (SSSR count). The van der Waals surface area contributed by atoms with Crippen LogP contribution in [-0.4, -0.2) is 30.2 Å². The lowest BCUT2D eigenvalue weighted by Gasteiger charge is -2.05. The standard InChI is InChI=1S/C11H18N2O2/c1-2-15-10-11(14)12-6-5-9-13-7-3-4-8-13/h3-4,7-8H,2,5-6,9-10H2,1H3,(H,12,14). The molecule has 0 spiro atoms. The van der Waals surface area contributed by atoms with Crippen LogP contribution in [0.25, 0.3) is 0 Å². The number of nitrogens with zero attached hydrogens (tertiary/aromatic N) is 1. The SMILES string of the molecule is CCOCC(=O)NCCCn1cccc1. The van der Waals surface area contributed by atoms with E-state index in [-0.39, 0.29) is 12.5 Å². The first-order valence-corrected chi connectivity index (χ1v) is 5.28. The maximum Gasteiger partial charge on any atom is 0.245 e. The molecule has 0 aliphatic carbocycles. The van der Waals surface area contributed by atoms with E-state index in [4.69, 9.17) is 4.74 Å². The van der Waals surface area contributed by atoms with Gasteiger partial charge in [0.2, 0.25) is 5.91 Å². The zero-order valence-electron chi connectivity index (χ0n) is 9.11. The van der Waals surface area contributed by atoms with Crippen molar-refractivity contribution in [1.82, 2.24) is 9.88 Å². The second kappa shape index (κ2) is 7.06. The monoisotopic (exact) mass is 210 g/mol. The summed E-state index contributed by atoms with van der Waals surface area (Å²) in [6, 6.07) is 3.99. The molecule has 84 valence electrons. The molecule has 0 saturated heterocycles. The highest BCUT2D eigenvalue weighted by molar-refractivity contribution is 5.77. The summed E-state index contributed by atoms with van der Waals surface area (Å²) in [6.07, 6.45) is 4.97. The Hall–Kier alpha value is -1.29. The van der Waals surface area contributed by atoms with Gasteiger partial charge in [0.05, 0.1) is 0 Å². The van der Waals surface area contributed by atoms with E-state index in [0.29, 0.717) is 13.2 Å². The molecular formula is C11H18N2O2. The van der Waals surface area contributed by atoms with Crippen LogP contribution in [0.15, 0.2) is 24.5 Å². The Morgan fingerprint density at radius 3 is 2.80 bits per heavy atom. The van der Waals surface area contributed by atoms with Crippen molar-refractivity contribution in [3.63, 3.8) is 0 Å². The van der Waals surface area contributed by atoms with Gasteiger partial charge >= 0.3 is 0 Å². The molecule has 4 heteroatoms. The Balaban J connectivity index is 1.99. The lowest BCUT2D eigenvalue weighted by atomic mass is 10.4. The van der Waals surface area contributed by atoms with Gasteiger partial charge in [-0.25, -0.2) is 0 Å². The molecule has 15 heavy (non-hydrogen) atoms. The summed E-state index contributed by atoms with van der Waals surface area (Å²) < 4.78 is 7.07. The van der Waals surface area contributed by atoms with Gasteiger partial charge in [0.15, 0.2) is 0 Å². The molecule has 4 nitrogen and oxygen atoms in total. The van der Waals surface area contributed by atoms with E-state index >= 15 is 0 Å². The van der Waals surface area contributed by atoms with Crippen molar-refractivity contribution in [2.45, 2.75) is 19.9 Å². The number of hydrogen-bond acceptors (Lipinski definition) is 2. The second-order valence-electron chi connectivity index (χ2n) is 3.26. The van der Waals surface area contributed by atoms with E-state index in [0.717, 1.165) is 13.0 Å². The lowest BCUT2D eigenvalue weighted by Crippen LogP contribution is -2.29. The fourth-order valence-corrected chi connectivity index (χ4v) is 1.25. The summed E-state index contributed by atoms with van der Waals surface area (Å²) in [6.45, 7) is 4.25. The normalized spacial score (nSPS) is 10.2. The van der Waals surface area contributed by atoms with Crippen LogP contribution < -0.4 is 5.32 Å². The van der Waals surface area contributed by atoms with Crippen LogP contribution >= 0.6 is 0 Å². The number of hydrogen-bond donors (Lipinski definition) is 1. The van der Waals surface area contributed by atoms with Crippen molar-refractivity contribution in [2.24, 2.45) is 0 Å². The van der Waals surface area contributed by atoms with Gasteiger partial charge in [-0.15, -0.1) is 0 Å². The Morgan fingerprint density at radius 1 is 1.40 bits per heavy atom. The lowest BCUT2D eigenvalue weighted by molar-refractivity contribution is -0.125.